The molecule has 1 unspecified atom stereocenters. The Hall–Kier alpha value is -4.23. The molecule has 0 spiro atoms. The number of aromatic nitrogens is 1. The van der Waals surface area contributed by atoms with Gasteiger partial charge in [-0.2, -0.15) is 13.2 Å². The second-order valence-electron chi connectivity index (χ2n) is 10.0. The minimum absolute atomic E-state index is 0.0704. The van der Waals surface area contributed by atoms with Crippen molar-refractivity contribution in [2.24, 2.45) is 5.73 Å². The van der Waals surface area contributed by atoms with Crippen LogP contribution in [0.4, 0.5) is 29.3 Å². The summed E-state index contributed by atoms with van der Waals surface area (Å²) in [6.07, 6.45) is -2.70. The summed E-state index contributed by atoms with van der Waals surface area (Å²) in [6.45, 7) is 1.06. The smallest absolute Gasteiger partial charge is 0.418 e. The van der Waals surface area contributed by atoms with Crippen LogP contribution < -0.4 is 30.6 Å². The summed E-state index contributed by atoms with van der Waals surface area (Å²) >= 11 is 0. The third-order valence-electron chi connectivity index (χ3n) is 7.58. The summed E-state index contributed by atoms with van der Waals surface area (Å²) in [5.74, 6) is 0.871. The zero-order valence-electron chi connectivity index (χ0n) is 23.1. The Kier molecular flexibility index (Phi) is 8.06. The predicted molar refractivity (Wildman–Crippen MR) is 150 cm³/mol. The van der Waals surface area contributed by atoms with Crippen molar-refractivity contribution in [1.29, 1.82) is 0 Å². The van der Waals surface area contributed by atoms with Gasteiger partial charge in [0.25, 0.3) is 5.56 Å². The molecule has 10 nitrogen and oxygen atoms in total. The Morgan fingerprint density at radius 2 is 1.81 bits per heavy atom. The van der Waals surface area contributed by atoms with E-state index in [1.807, 2.05) is 4.90 Å². The maximum absolute atomic E-state index is 14.4. The quantitative estimate of drug-likeness (QED) is 0.413. The number of pyridine rings is 1. The average molecular weight is 589 g/mol. The topological polar surface area (TPSA) is 119 Å². The van der Waals surface area contributed by atoms with E-state index < -0.39 is 23.3 Å². The van der Waals surface area contributed by atoms with Crippen molar-refractivity contribution in [2.45, 2.75) is 25.1 Å². The van der Waals surface area contributed by atoms with E-state index >= 15 is 0 Å². The highest BCUT2D eigenvalue weighted by Crippen LogP contribution is 2.40. The van der Waals surface area contributed by atoms with Crippen LogP contribution in [0, 0.1) is 0 Å². The highest BCUT2D eigenvalue weighted by atomic mass is 19.4. The molecule has 1 fully saturated rings. The highest BCUT2D eigenvalue weighted by Gasteiger charge is 2.37. The second-order valence-corrected chi connectivity index (χ2v) is 10.0. The molecule has 0 aliphatic carbocycles. The lowest BCUT2D eigenvalue weighted by Gasteiger charge is -2.24. The highest BCUT2D eigenvalue weighted by molar-refractivity contribution is 5.95. The van der Waals surface area contributed by atoms with Crippen molar-refractivity contribution >= 4 is 17.4 Å². The molecule has 3 heterocycles. The van der Waals surface area contributed by atoms with Gasteiger partial charge >= 0.3 is 12.2 Å². The molecule has 1 saturated heterocycles. The zero-order valence-corrected chi connectivity index (χ0v) is 23.1. The van der Waals surface area contributed by atoms with Gasteiger partial charge in [-0.1, -0.05) is 0 Å². The third kappa shape index (κ3) is 5.49. The van der Waals surface area contributed by atoms with Gasteiger partial charge < -0.3 is 30.0 Å². The molecule has 0 saturated carbocycles. The number of amides is 2. The molecule has 2 aliphatic heterocycles. The number of carbonyl (C=O) groups excluding carboxylic acids is 1. The van der Waals surface area contributed by atoms with E-state index in [0.717, 1.165) is 15.5 Å². The van der Waals surface area contributed by atoms with Gasteiger partial charge in [0.15, 0.2) is 0 Å². The van der Waals surface area contributed by atoms with Crippen molar-refractivity contribution in [2.75, 3.05) is 56.9 Å². The lowest BCUT2D eigenvalue weighted by molar-refractivity contribution is -0.137. The van der Waals surface area contributed by atoms with Gasteiger partial charge in [0.2, 0.25) is 0 Å². The fourth-order valence-electron chi connectivity index (χ4n) is 5.59. The van der Waals surface area contributed by atoms with Crippen LogP contribution in [0.15, 0.2) is 47.4 Å². The number of hydrogen-bond donors (Lipinski definition) is 2. The molecule has 3 N–H and O–H groups in total. The van der Waals surface area contributed by atoms with Crippen LogP contribution in [0.25, 0.3) is 16.8 Å². The second kappa shape index (κ2) is 11.6. The summed E-state index contributed by atoms with van der Waals surface area (Å²) in [6, 6.07) is 7.76. The average Bonchev–Trinajstić information content (AvgIpc) is 3.63. The van der Waals surface area contributed by atoms with E-state index in [2.05, 4.69) is 0 Å². The first-order valence-electron chi connectivity index (χ1n) is 13.3. The van der Waals surface area contributed by atoms with E-state index in [4.69, 9.17) is 25.1 Å². The number of benzene rings is 2. The van der Waals surface area contributed by atoms with Gasteiger partial charge in [-0.05, 0) is 54.3 Å². The monoisotopic (exact) mass is 588 g/mol. The molecule has 1 aromatic heterocycles. The summed E-state index contributed by atoms with van der Waals surface area (Å²) in [4.78, 5) is 29.2. The molecule has 13 heteroatoms. The number of aliphatic hydroxyl groups is 1. The fourth-order valence-corrected chi connectivity index (χ4v) is 5.59. The van der Waals surface area contributed by atoms with Crippen LogP contribution in [0.1, 0.15) is 17.5 Å². The van der Waals surface area contributed by atoms with Crippen LogP contribution in [0.5, 0.6) is 11.5 Å². The number of hydrogen-bond acceptors (Lipinski definition) is 7. The molecule has 0 radical (unpaired) electrons. The number of aliphatic hydroxyl groups excluding tert-OH is 1. The molecule has 2 aliphatic rings. The van der Waals surface area contributed by atoms with Gasteiger partial charge in [-0.25, -0.2) is 4.79 Å². The number of nitrogens with zero attached hydrogens (tertiary/aromatic N) is 3. The van der Waals surface area contributed by atoms with Gasteiger partial charge in [0.05, 0.1) is 44.8 Å². The number of ether oxygens (including phenoxy) is 3. The van der Waals surface area contributed by atoms with Crippen molar-refractivity contribution in [3.8, 4) is 28.3 Å². The van der Waals surface area contributed by atoms with E-state index in [1.54, 1.807) is 18.2 Å². The largest absolute Gasteiger partial charge is 0.497 e. The zero-order chi connectivity index (χ0) is 30.2. The van der Waals surface area contributed by atoms with Crippen molar-refractivity contribution in [1.82, 2.24) is 4.57 Å². The Labute approximate surface area is 239 Å². The molecular formula is C29H31F3N4O6. The molecule has 1 atom stereocenters. The maximum atomic E-state index is 14.4. The van der Waals surface area contributed by atoms with Gasteiger partial charge in [-0.3, -0.25) is 14.3 Å². The number of halogens is 3. The summed E-state index contributed by atoms with van der Waals surface area (Å²) in [7, 11) is 2.94. The minimum atomic E-state index is -4.78. The van der Waals surface area contributed by atoms with Crippen molar-refractivity contribution in [3.63, 3.8) is 0 Å². The number of alkyl halides is 3. The van der Waals surface area contributed by atoms with Crippen LogP contribution in [0.2, 0.25) is 0 Å². The molecule has 2 aromatic carbocycles. The van der Waals surface area contributed by atoms with Gasteiger partial charge in [0.1, 0.15) is 17.2 Å². The number of nitrogens with two attached hydrogens (primary N) is 1. The van der Waals surface area contributed by atoms with Crippen LogP contribution in [-0.4, -0.2) is 68.9 Å². The number of anilines is 2. The number of rotatable bonds is 8. The van der Waals surface area contributed by atoms with Crippen molar-refractivity contribution in [3.05, 3.63) is 64.1 Å². The lowest BCUT2D eigenvalue weighted by Crippen LogP contribution is -2.38. The van der Waals surface area contributed by atoms with Crippen LogP contribution >= 0.6 is 0 Å². The number of urea groups is 1. The molecule has 0 bridgehead atoms. The Morgan fingerprint density at radius 3 is 2.43 bits per heavy atom. The van der Waals surface area contributed by atoms with E-state index in [1.165, 1.54) is 32.5 Å². The maximum Gasteiger partial charge on any atom is 0.418 e. The summed E-state index contributed by atoms with van der Waals surface area (Å²) < 4.78 is 60.5. The van der Waals surface area contributed by atoms with Crippen LogP contribution in [0.3, 0.4) is 0 Å². The standard InChI is InChI=1S/C29H31F3N4O6/c1-40-20-11-17(12-21(14-20)41-2)23-16-36(27(38)26-22(23)6-8-35(26)28(33)39)25-13-18(3-4-24(25)29(30,31)32)34-7-5-19(15-34)42-10-9-37/h3-4,11-14,16,19,37H,5-10,15H2,1-2H3,(H2,33,39). The number of primary amides is 1. The fraction of sp³-hybridized carbons (Fsp3) is 0.379. The number of fused-ring (bicyclic) bond motifs is 1. The molecule has 224 valence electrons. The Bertz CT molecular complexity index is 1540. The Morgan fingerprint density at radius 1 is 1.10 bits per heavy atom. The van der Waals surface area contributed by atoms with E-state index in [0.29, 0.717) is 53.4 Å². The van der Waals surface area contributed by atoms with E-state index in [9.17, 15) is 22.8 Å². The van der Waals surface area contributed by atoms with E-state index in [-0.39, 0.29) is 43.7 Å². The van der Waals surface area contributed by atoms with Gasteiger partial charge in [-0.15, -0.1) is 0 Å². The van der Waals surface area contributed by atoms with Gasteiger partial charge in [0, 0.05) is 43.1 Å². The first kappa shape index (κ1) is 29.3. The van der Waals surface area contributed by atoms with Crippen molar-refractivity contribution < 1.29 is 37.3 Å². The normalized spacial score (nSPS) is 16.6. The first-order valence-corrected chi connectivity index (χ1v) is 13.3. The Balaban J connectivity index is 1.73. The SMILES string of the molecule is COc1cc(OC)cc(-c2cn(-c3cc(N4CCC(OCCO)C4)ccc3C(F)(F)F)c(=O)c3c2CCN3C(N)=O)c1. The third-order valence-corrected chi connectivity index (χ3v) is 7.58. The summed E-state index contributed by atoms with van der Waals surface area (Å²) in [5.41, 5.74) is 5.23. The number of carbonyl (C=O) groups is 1. The minimum Gasteiger partial charge on any atom is -0.497 e. The summed E-state index contributed by atoms with van der Waals surface area (Å²) in [5, 5.41) is 9.06. The molecule has 42 heavy (non-hydrogen) atoms. The molecule has 5 rings (SSSR count). The lowest BCUT2D eigenvalue weighted by atomic mass is 9.99. The van der Waals surface area contributed by atoms with Crippen LogP contribution in [-0.2, 0) is 17.3 Å². The first-order chi connectivity index (χ1) is 20.0. The number of methoxy groups -OCH3 is 2. The predicted octanol–water partition coefficient (Wildman–Crippen LogP) is 3.57. The molecule has 3 aromatic rings. The molecular weight excluding hydrogens is 557 g/mol. The molecule has 2 amide bonds.